The fourth-order valence-electron chi connectivity index (χ4n) is 2.42. The third-order valence-electron chi connectivity index (χ3n) is 3.65. The highest BCUT2D eigenvalue weighted by molar-refractivity contribution is 7.91. The van der Waals surface area contributed by atoms with Crippen LogP contribution >= 0.6 is 0 Å². The van der Waals surface area contributed by atoms with Crippen molar-refractivity contribution in [2.24, 2.45) is 0 Å². The minimum Gasteiger partial charge on any atom is -0.383 e. The number of nitrogens with zero attached hydrogens (tertiary/aromatic N) is 3. The second-order valence-corrected chi connectivity index (χ2v) is 9.51. The van der Waals surface area contributed by atoms with Gasteiger partial charge in [-0.15, -0.1) is 0 Å². The molecule has 0 bridgehead atoms. The van der Waals surface area contributed by atoms with Crippen molar-refractivity contribution in [2.45, 2.75) is 24.3 Å². The molecular formula is C11H20N4O4S2. The molecule has 2 rings (SSSR count). The second kappa shape index (κ2) is 5.16. The summed E-state index contributed by atoms with van der Waals surface area (Å²) in [4.78, 5) is 1.64. The van der Waals surface area contributed by atoms with Gasteiger partial charge < -0.3 is 10.6 Å². The molecule has 21 heavy (non-hydrogen) atoms. The molecule has 2 heterocycles. The first-order valence-corrected chi connectivity index (χ1v) is 10.3. The van der Waals surface area contributed by atoms with Gasteiger partial charge in [0.15, 0.2) is 30.4 Å². The highest BCUT2D eigenvalue weighted by atomic mass is 32.2. The Morgan fingerprint density at radius 1 is 1.48 bits per heavy atom. The van der Waals surface area contributed by atoms with Crippen molar-refractivity contribution in [2.75, 3.05) is 42.0 Å². The van der Waals surface area contributed by atoms with Crippen LogP contribution in [0.1, 0.15) is 19.4 Å². The molecule has 1 aromatic rings. The molecule has 120 valence electrons. The summed E-state index contributed by atoms with van der Waals surface area (Å²) < 4.78 is 48.5. The minimum absolute atomic E-state index is 0.00917. The van der Waals surface area contributed by atoms with E-state index < -0.39 is 25.7 Å². The van der Waals surface area contributed by atoms with E-state index in [1.54, 1.807) is 11.9 Å². The molecule has 1 aliphatic heterocycles. The number of rotatable bonds is 4. The van der Waals surface area contributed by atoms with Crippen LogP contribution in [0.5, 0.6) is 0 Å². The number of nitrogen functional groups attached to an aromatic ring is 1. The summed E-state index contributed by atoms with van der Waals surface area (Å²) in [6, 6.07) is -0.408. The van der Waals surface area contributed by atoms with Gasteiger partial charge in [0.25, 0.3) is 0 Å². The minimum atomic E-state index is -3.56. The van der Waals surface area contributed by atoms with Crippen molar-refractivity contribution in [3.8, 4) is 0 Å². The van der Waals surface area contributed by atoms with Gasteiger partial charge in [-0.2, -0.15) is 5.10 Å². The zero-order chi connectivity index (χ0) is 16.0. The zero-order valence-corrected chi connectivity index (χ0v) is 13.9. The normalized spacial score (nSPS) is 21.6. The molecule has 0 aromatic carbocycles. The van der Waals surface area contributed by atoms with Gasteiger partial charge in [-0.05, 0) is 13.3 Å². The summed E-state index contributed by atoms with van der Waals surface area (Å²) >= 11 is 0. The lowest BCUT2D eigenvalue weighted by atomic mass is 10.3. The number of aromatic nitrogens is 2. The summed E-state index contributed by atoms with van der Waals surface area (Å²) in [6.07, 6.45) is 1.47. The molecule has 1 unspecified atom stereocenters. The van der Waals surface area contributed by atoms with Crippen LogP contribution in [0.3, 0.4) is 0 Å². The van der Waals surface area contributed by atoms with Crippen molar-refractivity contribution in [3.05, 3.63) is 0 Å². The fourth-order valence-corrected chi connectivity index (χ4v) is 5.12. The van der Waals surface area contributed by atoms with Crippen molar-refractivity contribution >= 4 is 31.3 Å². The molecule has 2 N–H and O–H groups in total. The van der Waals surface area contributed by atoms with Crippen molar-refractivity contribution < 1.29 is 16.8 Å². The number of nitrogens with two attached hydrogens (primary N) is 1. The Labute approximate surface area is 124 Å². The maximum atomic E-state index is 12.0. The van der Waals surface area contributed by atoms with Crippen LogP contribution in [0.2, 0.25) is 0 Å². The van der Waals surface area contributed by atoms with Crippen LogP contribution in [0.15, 0.2) is 4.90 Å². The zero-order valence-electron chi connectivity index (χ0n) is 12.3. The topological polar surface area (TPSA) is 115 Å². The Hall–Kier alpha value is -1.29. The highest BCUT2D eigenvalue weighted by Crippen LogP contribution is 2.34. The number of anilines is 2. The first-order valence-electron chi connectivity index (χ1n) is 6.56. The fraction of sp³-hybridized carbons (Fsp3) is 0.727. The van der Waals surface area contributed by atoms with E-state index in [0.717, 1.165) is 6.26 Å². The molecule has 0 amide bonds. The molecule has 1 aliphatic rings. The van der Waals surface area contributed by atoms with Crippen LogP contribution in [0, 0.1) is 0 Å². The van der Waals surface area contributed by atoms with Crippen molar-refractivity contribution in [1.82, 2.24) is 9.78 Å². The largest absolute Gasteiger partial charge is 0.383 e. The molecular weight excluding hydrogens is 316 g/mol. The molecule has 1 atom stereocenters. The number of hydrogen-bond acceptors (Lipinski definition) is 7. The van der Waals surface area contributed by atoms with E-state index in [4.69, 9.17) is 5.73 Å². The van der Waals surface area contributed by atoms with Gasteiger partial charge >= 0.3 is 0 Å². The molecule has 0 radical (unpaired) electrons. The van der Waals surface area contributed by atoms with Crippen LogP contribution in [0.25, 0.3) is 0 Å². The molecule has 10 heteroatoms. The monoisotopic (exact) mass is 336 g/mol. The van der Waals surface area contributed by atoms with Crippen LogP contribution in [-0.2, 0) is 19.7 Å². The lowest BCUT2D eigenvalue weighted by molar-refractivity contribution is 0.506. The Balaban J connectivity index is 2.57. The van der Waals surface area contributed by atoms with Gasteiger partial charge in [0.1, 0.15) is 5.82 Å². The van der Waals surface area contributed by atoms with Gasteiger partial charge in [-0.3, -0.25) is 0 Å². The maximum Gasteiger partial charge on any atom is 0.182 e. The van der Waals surface area contributed by atoms with Gasteiger partial charge in [0.05, 0.1) is 17.5 Å². The molecule has 0 aliphatic carbocycles. The molecule has 0 spiro atoms. The number of sulfone groups is 2. The summed E-state index contributed by atoms with van der Waals surface area (Å²) in [5.74, 6) is 0.290. The van der Waals surface area contributed by atoms with Gasteiger partial charge in [0, 0.05) is 19.8 Å². The van der Waals surface area contributed by atoms with Crippen LogP contribution in [0.4, 0.5) is 11.6 Å². The molecule has 1 aromatic heterocycles. The van der Waals surface area contributed by atoms with Crippen molar-refractivity contribution in [3.63, 3.8) is 0 Å². The summed E-state index contributed by atoms with van der Waals surface area (Å²) in [5, 5.41) is 4.27. The lowest BCUT2D eigenvalue weighted by Crippen LogP contribution is -2.19. The van der Waals surface area contributed by atoms with E-state index in [1.165, 1.54) is 4.68 Å². The van der Waals surface area contributed by atoms with Gasteiger partial charge in [-0.1, -0.05) is 0 Å². The maximum absolute atomic E-state index is 12.0. The van der Waals surface area contributed by atoms with Gasteiger partial charge in [-0.25, -0.2) is 21.5 Å². The van der Waals surface area contributed by atoms with Crippen molar-refractivity contribution in [1.29, 1.82) is 0 Å². The molecule has 8 nitrogen and oxygen atoms in total. The number of hydrogen-bond donors (Lipinski definition) is 1. The van der Waals surface area contributed by atoms with Crippen LogP contribution in [-0.4, -0.2) is 58.0 Å². The summed E-state index contributed by atoms with van der Waals surface area (Å²) in [6.45, 7) is 2.42. The Bertz CT molecular complexity index is 751. The van der Waals surface area contributed by atoms with Gasteiger partial charge in [0.2, 0.25) is 0 Å². The Kier molecular flexibility index (Phi) is 3.96. The third-order valence-corrected chi connectivity index (χ3v) is 6.53. The smallest absolute Gasteiger partial charge is 0.182 e. The second-order valence-electron chi connectivity index (χ2n) is 5.33. The molecule has 1 fully saturated rings. The van der Waals surface area contributed by atoms with Crippen LogP contribution < -0.4 is 10.6 Å². The average Bonchev–Trinajstić information content (AvgIpc) is 2.87. The molecule has 1 saturated heterocycles. The van der Waals surface area contributed by atoms with E-state index in [-0.39, 0.29) is 28.0 Å². The van der Waals surface area contributed by atoms with E-state index in [0.29, 0.717) is 13.0 Å². The summed E-state index contributed by atoms with van der Waals surface area (Å²) in [7, 11) is -4.95. The Morgan fingerprint density at radius 2 is 2.10 bits per heavy atom. The van der Waals surface area contributed by atoms with E-state index in [2.05, 4.69) is 5.10 Å². The quantitative estimate of drug-likeness (QED) is 0.801. The predicted molar refractivity (Wildman–Crippen MR) is 81.0 cm³/mol. The van der Waals surface area contributed by atoms with E-state index >= 15 is 0 Å². The average molecular weight is 336 g/mol. The first-order chi connectivity index (χ1) is 9.57. The van der Waals surface area contributed by atoms with E-state index in [1.807, 2.05) is 6.92 Å². The SMILES string of the molecule is CCN(C)c1nn(C2CCS(=O)(=O)C2)c(N)c1S(C)(=O)=O. The van der Waals surface area contributed by atoms with E-state index in [9.17, 15) is 16.8 Å². The lowest BCUT2D eigenvalue weighted by Gasteiger charge is -2.14. The predicted octanol–water partition coefficient (Wildman–Crippen LogP) is -0.315. The summed E-state index contributed by atoms with van der Waals surface area (Å²) in [5.41, 5.74) is 5.95. The Morgan fingerprint density at radius 3 is 2.52 bits per heavy atom. The first kappa shape index (κ1) is 16.1. The standard InChI is InChI=1S/C11H20N4O4S2/c1-4-14(2)11-9(20(3,16)17)10(12)15(13-11)8-5-6-21(18,19)7-8/h8H,4-7,12H2,1-3H3. The highest BCUT2D eigenvalue weighted by Gasteiger charge is 2.34. The third kappa shape index (κ3) is 3.00. The molecule has 0 saturated carbocycles.